The van der Waals surface area contributed by atoms with Crippen molar-refractivity contribution in [2.24, 2.45) is 0 Å². The molecule has 1 N–H and O–H groups in total. The van der Waals surface area contributed by atoms with Crippen LogP contribution in [-0.4, -0.2) is 7.05 Å². The molecule has 0 radical (unpaired) electrons. The van der Waals surface area contributed by atoms with Crippen LogP contribution in [-0.2, 0) is 18.6 Å². The van der Waals surface area contributed by atoms with Crippen molar-refractivity contribution < 1.29 is 4.39 Å². The SMILES string of the molecule is C=C.CC.CC1=CC(Cl)=C(Cc2cccc(C)c2)C1.CCCCCCC.CNCc1ccccc1C(C)(C)F. The molecule has 0 saturated heterocycles. The average Bonchev–Trinajstić information content (AvgIpc) is 3.23. The van der Waals surface area contributed by atoms with Crippen molar-refractivity contribution in [1.29, 1.82) is 0 Å². The molecule has 1 aliphatic carbocycles. The second-order valence-corrected chi connectivity index (χ2v) is 10.4. The predicted octanol–water partition coefficient (Wildman–Crippen LogP) is 11.8. The van der Waals surface area contributed by atoms with E-state index in [-0.39, 0.29) is 0 Å². The Morgan fingerprint density at radius 2 is 1.51 bits per heavy atom. The molecule has 0 aliphatic heterocycles. The summed E-state index contributed by atoms with van der Waals surface area (Å²) in [4.78, 5) is 0. The van der Waals surface area contributed by atoms with E-state index in [1.165, 1.54) is 54.4 Å². The first kappa shape index (κ1) is 39.0. The van der Waals surface area contributed by atoms with E-state index in [9.17, 15) is 4.39 Å². The Labute approximate surface area is 246 Å². The first-order chi connectivity index (χ1) is 18.6. The Hall–Kier alpha value is -2.16. The number of hydrogen-bond acceptors (Lipinski definition) is 1. The number of unbranched alkanes of at least 4 members (excludes halogenated alkanes) is 4. The monoisotopic (exact) mass is 557 g/mol. The minimum absolute atomic E-state index is 0.712. The maximum absolute atomic E-state index is 13.7. The van der Waals surface area contributed by atoms with Gasteiger partial charge in [-0.15, -0.1) is 13.2 Å². The van der Waals surface area contributed by atoms with Crippen LogP contribution in [0.25, 0.3) is 0 Å². The molecule has 0 aromatic heterocycles. The van der Waals surface area contributed by atoms with Gasteiger partial charge in [0.05, 0.1) is 0 Å². The number of alkyl halides is 1. The molecule has 3 heteroatoms. The summed E-state index contributed by atoms with van der Waals surface area (Å²) in [6, 6.07) is 16.2. The van der Waals surface area contributed by atoms with Gasteiger partial charge in [0.2, 0.25) is 0 Å². The Bertz CT molecular complexity index is 949. The first-order valence-electron chi connectivity index (χ1n) is 14.6. The Morgan fingerprint density at radius 3 is 1.97 bits per heavy atom. The molecular weight excluding hydrogens is 501 g/mol. The van der Waals surface area contributed by atoms with Crippen LogP contribution in [0.4, 0.5) is 4.39 Å². The van der Waals surface area contributed by atoms with E-state index in [0.717, 1.165) is 29.0 Å². The Morgan fingerprint density at radius 1 is 0.923 bits per heavy atom. The molecule has 220 valence electrons. The second kappa shape index (κ2) is 23.7. The third-order valence-corrected chi connectivity index (χ3v) is 6.31. The standard InChI is InChI=1S/C14H15Cl.C11H16FN.C7H16.C2H6.C2H4/c1-10-4-3-5-12(6-10)9-13-7-11(2)8-14(13)15;1-11(2,12)10-7-5-4-6-9(10)8-13-3;1-3-5-7-6-4-2;2*1-2/h3-6,8H,7,9H2,1-2H3;4-7,13H,8H2,1-3H3;3-7H2,1-2H3;1-2H3;1-2H2. The van der Waals surface area contributed by atoms with Crippen LogP contribution in [0.2, 0.25) is 0 Å². The number of hydrogen-bond donors (Lipinski definition) is 1. The summed E-state index contributed by atoms with van der Waals surface area (Å²) in [6.45, 7) is 22.6. The van der Waals surface area contributed by atoms with E-state index in [1.54, 1.807) is 13.8 Å². The molecule has 0 bridgehead atoms. The summed E-state index contributed by atoms with van der Waals surface area (Å²) in [7, 11) is 1.86. The topological polar surface area (TPSA) is 12.0 Å². The molecule has 1 nitrogen and oxygen atoms in total. The van der Waals surface area contributed by atoms with Crippen molar-refractivity contribution in [2.45, 2.75) is 113 Å². The zero-order valence-electron chi connectivity index (χ0n) is 26.5. The molecule has 1 aliphatic rings. The lowest BCUT2D eigenvalue weighted by Crippen LogP contribution is -2.15. The van der Waals surface area contributed by atoms with E-state index >= 15 is 0 Å². The van der Waals surface area contributed by atoms with Crippen molar-refractivity contribution in [1.82, 2.24) is 5.32 Å². The van der Waals surface area contributed by atoms with Gasteiger partial charge >= 0.3 is 0 Å². The Balaban J connectivity index is 0. The molecule has 39 heavy (non-hydrogen) atoms. The molecule has 0 saturated carbocycles. The normalized spacial score (nSPS) is 11.9. The van der Waals surface area contributed by atoms with E-state index in [4.69, 9.17) is 11.6 Å². The molecule has 0 spiro atoms. The summed E-state index contributed by atoms with van der Waals surface area (Å²) in [5, 5.41) is 3.97. The van der Waals surface area contributed by atoms with Gasteiger partial charge in [-0.2, -0.15) is 0 Å². The van der Waals surface area contributed by atoms with Crippen molar-refractivity contribution >= 4 is 11.6 Å². The molecule has 0 atom stereocenters. The quantitative estimate of drug-likeness (QED) is 0.239. The molecule has 2 aromatic rings. The van der Waals surface area contributed by atoms with Gasteiger partial charge < -0.3 is 5.32 Å². The number of halogens is 2. The van der Waals surface area contributed by atoms with E-state index in [2.05, 4.69) is 76.5 Å². The predicted molar refractivity (Wildman–Crippen MR) is 177 cm³/mol. The number of nitrogens with one attached hydrogen (secondary N) is 1. The van der Waals surface area contributed by atoms with Gasteiger partial charge in [-0.05, 0) is 75.9 Å². The molecule has 2 aromatic carbocycles. The Kier molecular flexibility index (Phi) is 23.7. The van der Waals surface area contributed by atoms with Crippen LogP contribution in [0.15, 0.2) is 83.9 Å². The lowest BCUT2D eigenvalue weighted by molar-refractivity contribution is 0.219. The highest BCUT2D eigenvalue weighted by Gasteiger charge is 2.21. The second-order valence-electron chi connectivity index (χ2n) is 10.0. The maximum Gasteiger partial charge on any atom is 0.130 e. The third-order valence-electron chi connectivity index (χ3n) is 5.94. The summed E-state index contributed by atoms with van der Waals surface area (Å²) in [6.07, 6.45) is 11.1. The molecule has 0 fully saturated rings. The van der Waals surface area contributed by atoms with E-state index < -0.39 is 5.67 Å². The van der Waals surface area contributed by atoms with Gasteiger partial charge in [-0.1, -0.05) is 131 Å². The van der Waals surface area contributed by atoms with E-state index in [1.807, 2.05) is 45.2 Å². The zero-order valence-corrected chi connectivity index (χ0v) is 27.3. The van der Waals surface area contributed by atoms with Crippen molar-refractivity contribution in [3.63, 3.8) is 0 Å². The van der Waals surface area contributed by atoms with Gasteiger partial charge in [-0.3, -0.25) is 0 Å². The van der Waals surface area contributed by atoms with Crippen LogP contribution >= 0.6 is 11.6 Å². The van der Waals surface area contributed by atoms with Crippen LogP contribution in [0.5, 0.6) is 0 Å². The molecule has 0 amide bonds. The third kappa shape index (κ3) is 17.9. The van der Waals surface area contributed by atoms with Crippen molar-refractivity contribution in [3.05, 3.63) is 106 Å². The van der Waals surface area contributed by atoms with Crippen LogP contribution in [0.3, 0.4) is 0 Å². The fourth-order valence-corrected chi connectivity index (χ4v) is 4.45. The highest BCUT2D eigenvalue weighted by Crippen LogP contribution is 2.30. The first-order valence-corrected chi connectivity index (χ1v) is 15.0. The van der Waals surface area contributed by atoms with Crippen LogP contribution < -0.4 is 5.32 Å². The van der Waals surface area contributed by atoms with Crippen molar-refractivity contribution in [2.75, 3.05) is 7.05 Å². The fourth-order valence-electron chi connectivity index (χ4n) is 4.13. The number of aryl methyl sites for hydroxylation is 1. The highest BCUT2D eigenvalue weighted by atomic mass is 35.5. The number of allylic oxidation sites excluding steroid dienone is 4. The van der Waals surface area contributed by atoms with Crippen LogP contribution in [0, 0.1) is 6.92 Å². The van der Waals surface area contributed by atoms with E-state index in [0.29, 0.717) is 6.54 Å². The fraction of sp³-hybridized carbons (Fsp3) is 0.500. The molecule has 3 rings (SSSR count). The molecule has 0 unspecified atom stereocenters. The summed E-state index contributed by atoms with van der Waals surface area (Å²) >= 11 is 6.17. The van der Waals surface area contributed by atoms with Crippen LogP contribution in [0.1, 0.15) is 109 Å². The largest absolute Gasteiger partial charge is 0.316 e. The van der Waals surface area contributed by atoms with Gasteiger partial charge in [0.1, 0.15) is 5.67 Å². The minimum Gasteiger partial charge on any atom is -0.316 e. The lowest BCUT2D eigenvalue weighted by Gasteiger charge is -2.18. The minimum atomic E-state index is -1.26. The highest BCUT2D eigenvalue weighted by molar-refractivity contribution is 6.32. The number of rotatable bonds is 9. The van der Waals surface area contributed by atoms with Gasteiger partial charge in [0.25, 0.3) is 0 Å². The zero-order chi connectivity index (χ0) is 30.3. The van der Waals surface area contributed by atoms with Gasteiger partial charge in [0.15, 0.2) is 0 Å². The lowest BCUT2D eigenvalue weighted by atomic mass is 9.95. The smallest absolute Gasteiger partial charge is 0.130 e. The molecular formula is C36H57ClFN. The average molecular weight is 558 g/mol. The van der Waals surface area contributed by atoms with Gasteiger partial charge in [-0.25, -0.2) is 4.39 Å². The summed E-state index contributed by atoms with van der Waals surface area (Å²) in [5.41, 5.74) is 5.91. The van der Waals surface area contributed by atoms with Crippen molar-refractivity contribution in [3.8, 4) is 0 Å². The molecule has 0 heterocycles. The summed E-state index contributed by atoms with van der Waals surface area (Å²) in [5.74, 6) is 0. The number of benzene rings is 2. The summed E-state index contributed by atoms with van der Waals surface area (Å²) < 4.78 is 13.7. The maximum atomic E-state index is 13.7. The van der Waals surface area contributed by atoms with Gasteiger partial charge in [0, 0.05) is 11.6 Å².